The summed E-state index contributed by atoms with van der Waals surface area (Å²) in [6.07, 6.45) is -2.61. The number of benzene rings is 1. The topological polar surface area (TPSA) is 54.3 Å². The summed E-state index contributed by atoms with van der Waals surface area (Å²) in [7, 11) is 0. The maximum Gasteiger partial charge on any atom is 0.417 e. The molecular formula is C24H25ClF3N5O. The Hall–Kier alpha value is -3.07. The fourth-order valence-electron chi connectivity index (χ4n) is 4.16. The molecule has 0 spiro atoms. The monoisotopic (exact) mass is 491 g/mol. The molecule has 1 saturated heterocycles. The van der Waals surface area contributed by atoms with Crippen molar-refractivity contribution in [3.8, 4) is 5.69 Å². The predicted octanol–water partition coefficient (Wildman–Crippen LogP) is 4.84. The molecule has 3 heterocycles. The minimum absolute atomic E-state index is 0.00378. The van der Waals surface area contributed by atoms with E-state index in [0.29, 0.717) is 43.4 Å². The van der Waals surface area contributed by atoms with Gasteiger partial charge in [0.15, 0.2) is 0 Å². The van der Waals surface area contributed by atoms with Crippen LogP contribution >= 0.6 is 11.6 Å². The highest BCUT2D eigenvalue weighted by Crippen LogP contribution is 2.29. The van der Waals surface area contributed by atoms with Crippen molar-refractivity contribution in [1.29, 1.82) is 0 Å². The number of alkyl halides is 3. The van der Waals surface area contributed by atoms with E-state index in [-0.39, 0.29) is 12.3 Å². The number of rotatable bonds is 4. The van der Waals surface area contributed by atoms with Crippen LogP contribution in [-0.2, 0) is 17.4 Å². The van der Waals surface area contributed by atoms with Gasteiger partial charge in [0.1, 0.15) is 5.82 Å². The number of aromatic nitrogens is 3. The van der Waals surface area contributed by atoms with Crippen molar-refractivity contribution >= 4 is 23.3 Å². The zero-order valence-electron chi connectivity index (χ0n) is 18.9. The molecule has 0 radical (unpaired) electrons. The summed E-state index contributed by atoms with van der Waals surface area (Å²) >= 11 is 5.99. The zero-order chi connectivity index (χ0) is 24.5. The van der Waals surface area contributed by atoms with Crippen molar-refractivity contribution in [2.75, 3.05) is 31.1 Å². The summed E-state index contributed by atoms with van der Waals surface area (Å²) in [5.41, 5.74) is 2.70. The zero-order valence-corrected chi connectivity index (χ0v) is 19.7. The number of hydrogen-bond acceptors (Lipinski definition) is 4. The van der Waals surface area contributed by atoms with E-state index in [1.54, 1.807) is 12.1 Å². The molecule has 10 heteroatoms. The van der Waals surface area contributed by atoms with Crippen molar-refractivity contribution in [2.24, 2.45) is 0 Å². The first kappa shape index (κ1) is 24.1. The fourth-order valence-corrected chi connectivity index (χ4v) is 4.29. The van der Waals surface area contributed by atoms with Crippen LogP contribution in [0.15, 0.2) is 42.6 Å². The first-order valence-corrected chi connectivity index (χ1v) is 11.4. The average molecular weight is 492 g/mol. The molecule has 4 rings (SSSR count). The van der Waals surface area contributed by atoms with Gasteiger partial charge in [0, 0.05) is 48.7 Å². The minimum Gasteiger partial charge on any atom is -0.355 e. The van der Waals surface area contributed by atoms with Gasteiger partial charge in [-0.2, -0.15) is 18.3 Å². The van der Waals surface area contributed by atoms with Crippen molar-refractivity contribution in [1.82, 2.24) is 19.7 Å². The standard InChI is InChI=1S/C24H25ClF3N5O/c1-16-21(17(2)33(30-16)20-7-5-19(25)6-8-20)14-23(34)32-11-3-10-31(12-13-32)22-9-4-18(15-29-22)24(26,27)28/h4-9,15H,3,10-14H2,1-2H3. The Labute approximate surface area is 200 Å². The second-order valence-corrected chi connectivity index (χ2v) is 8.78. The maximum atomic E-state index is 13.1. The van der Waals surface area contributed by atoms with E-state index < -0.39 is 11.7 Å². The van der Waals surface area contributed by atoms with Crippen molar-refractivity contribution in [3.05, 3.63) is 70.1 Å². The molecule has 2 aromatic heterocycles. The lowest BCUT2D eigenvalue weighted by atomic mass is 10.1. The fraction of sp³-hybridized carbons (Fsp3) is 0.375. The molecule has 0 aliphatic carbocycles. The Kier molecular flexibility index (Phi) is 6.84. The van der Waals surface area contributed by atoms with Gasteiger partial charge in [-0.3, -0.25) is 4.79 Å². The van der Waals surface area contributed by atoms with Crippen LogP contribution in [0.2, 0.25) is 5.02 Å². The summed E-state index contributed by atoms with van der Waals surface area (Å²) in [4.78, 5) is 20.8. The molecule has 180 valence electrons. The number of carbonyl (C=O) groups is 1. The average Bonchev–Trinajstić information content (AvgIpc) is 2.97. The van der Waals surface area contributed by atoms with Gasteiger partial charge in [-0.05, 0) is 56.7 Å². The maximum absolute atomic E-state index is 13.1. The van der Waals surface area contributed by atoms with Crippen molar-refractivity contribution < 1.29 is 18.0 Å². The van der Waals surface area contributed by atoms with Crippen LogP contribution in [0.5, 0.6) is 0 Å². The molecule has 1 aliphatic rings. The van der Waals surface area contributed by atoms with E-state index in [1.807, 2.05) is 40.5 Å². The van der Waals surface area contributed by atoms with Gasteiger partial charge in [0.2, 0.25) is 5.91 Å². The summed E-state index contributed by atoms with van der Waals surface area (Å²) in [5, 5.41) is 5.25. The molecule has 3 aromatic rings. The van der Waals surface area contributed by atoms with Gasteiger partial charge in [0.25, 0.3) is 0 Å². The normalized spacial score (nSPS) is 14.9. The van der Waals surface area contributed by atoms with E-state index in [4.69, 9.17) is 11.6 Å². The van der Waals surface area contributed by atoms with Crippen LogP contribution in [0, 0.1) is 13.8 Å². The molecule has 0 saturated carbocycles. The van der Waals surface area contributed by atoms with Gasteiger partial charge < -0.3 is 9.80 Å². The third-order valence-corrected chi connectivity index (χ3v) is 6.34. The van der Waals surface area contributed by atoms with Gasteiger partial charge >= 0.3 is 6.18 Å². The highest BCUT2D eigenvalue weighted by atomic mass is 35.5. The van der Waals surface area contributed by atoms with Crippen molar-refractivity contribution in [2.45, 2.75) is 32.9 Å². The molecule has 1 aromatic carbocycles. The highest BCUT2D eigenvalue weighted by molar-refractivity contribution is 6.30. The van der Waals surface area contributed by atoms with Crippen LogP contribution in [0.3, 0.4) is 0 Å². The molecule has 34 heavy (non-hydrogen) atoms. The molecular weight excluding hydrogens is 467 g/mol. The number of pyridine rings is 1. The summed E-state index contributed by atoms with van der Waals surface area (Å²) in [5.74, 6) is 0.488. The molecule has 0 atom stereocenters. The molecule has 0 N–H and O–H groups in total. The smallest absolute Gasteiger partial charge is 0.355 e. The Morgan fingerprint density at radius 2 is 1.76 bits per heavy atom. The number of anilines is 1. The minimum atomic E-state index is -4.41. The van der Waals surface area contributed by atoms with E-state index in [1.165, 1.54) is 6.07 Å². The molecule has 6 nitrogen and oxygen atoms in total. The van der Waals surface area contributed by atoms with Gasteiger partial charge in [-0.1, -0.05) is 11.6 Å². The number of carbonyl (C=O) groups excluding carboxylic acids is 1. The molecule has 0 bridgehead atoms. The molecule has 1 fully saturated rings. The number of hydrogen-bond donors (Lipinski definition) is 0. The lowest BCUT2D eigenvalue weighted by Crippen LogP contribution is -2.36. The second-order valence-electron chi connectivity index (χ2n) is 8.34. The Balaban J connectivity index is 1.42. The van der Waals surface area contributed by atoms with Crippen LogP contribution in [-0.4, -0.2) is 51.8 Å². The number of halogens is 4. The van der Waals surface area contributed by atoms with Crippen LogP contribution < -0.4 is 4.90 Å². The summed E-state index contributed by atoms with van der Waals surface area (Å²) in [6.45, 7) is 6.02. The molecule has 1 aliphatic heterocycles. The van der Waals surface area contributed by atoms with Gasteiger partial charge in [-0.15, -0.1) is 0 Å². The molecule has 0 unspecified atom stereocenters. The summed E-state index contributed by atoms with van der Waals surface area (Å²) in [6, 6.07) is 9.79. The molecule has 1 amide bonds. The van der Waals surface area contributed by atoms with Gasteiger partial charge in [0.05, 0.1) is 23.4 Å². The van der Waals surface area contributed by atoms with E-state index >= 15 is 0 Å². The number of amides is 1. The second kappa shape index (κ2) is 9.66. The predicted molar refractivity (Wildman–Crippen MR) is 124 cm³/mol. The van der Waals surface area contributed by atoms with Crippen LogP contribution in [0.25, 0.3) is 5.69 Å². The van der Waals surface area contributed by atoms with E-state index in [0.717, 1.165) is 34.9 Å². The van der Waals surface area contributed by atoms with Crippen molar-refractivity contribution in [3.63, 3.8) is 0 Å². The highest BCUT2D eigenvalue weighted by Gasteiger charge is 2.31. The van der Waals surface area contributed by atoms with Gasteiger partial charge in [-0.25, -0.2) is 9.67 Å². The van der Waals surface area contributed by atoms with Crippen LogP contribution in [0.1, 0.15) is 28.9 Å². The van der Waals surface area contributed by atoms with E-state index in [9.17, 15) is 18.0 Å². The van der Waals surface area contributed by atoms with E-state index in [2.05, 4.69) is 10.1 Å². The largest absolute Gasteiger partial charge is 0.417 e. The first-order valence-electron chi connectivity index (χ1n) is 11.0. The Bertz CT molecular complexity index is 1160. The lowest BCUT2D eigenvalue weighted by molar-refractivity contribution is -0.137. The summed E-state index contributed by atoms with van der Waals surface area (Å²) < 4.78 is 40.2. The quantitative estimate of drug-likeness (QED) is 0.524. The Morgan fingerprint density at radius 3 is 2.41 bits per heavy atom. The number of aryl methyl sites for hydroxylation is 1. The number of nitrogens with zero attached hydrogens (tertiary/aromatic N) is 5. The SMILES string of the molecule is Cc1nn(-c2ccc(Cl)cc2)c(C)c1CC(=O)N1CCCN(c2ccc(C(F)(F)F)cn2)CC1. The third-order valence-electron chi connectivity index (χ3n) is 6.09. The van der Waals surface area contributed by atoms with Crippen LogP contribution in [0.4, 0.5) is 19.0 Å². The Morgan fingerprint density at radius 1 is 1.03 bits per heavy atom. The lowest BCUT2D eigenvalue weighted by Gasteiger charge is -2.23. The first-order chi connectivity index (χ1) is 16.1. The third kappa shape index (κ3) is 5.19.